The lowest BCUT2D eigenvalue weighted by atomic mass is 9.47. The van der Waals surface area contributed by atoms with Crippen molar-refractivity contribution in [3.05, 3.63) is 28.8 Å². The van der Waals surface area contributed by atoms with Crippen molar-refractivity contribution in [1.82, 2.24) is 0 Å². The number of benzene rings is 1. The van der Waals surface area contributed by atoms with Gasteiger partial charge in [0.1, 0.15) is 12.9 Å². The minimum absolute atomic E-state index is 0.231. The number of phenols is 1. The average Bonchev–Trinajstić information content (AvgIpc) is 3.08. The van der Waals surface area contributed by atoms with E-state index in [1.807, 2.05) is 0 Å². The van der Waals surface area contributed by atoms with Gasteiger partial charge in [-0.25, -0.2) is 0 Å². The Morgan fingerprint density at radius 1 is 0.969 bits per heavy atom. The van der Waals surface area contributed by atoms with Crippen LogP contribution in [0.5, 0.6) is 5.75 Å². The van der Waals surface area contributed by atoms with Gasteiger partial charge in [-0.3, -0.25) is 0 Å². The van der Waals surface area contributed by atoms with Crippen LogP contribution in [0.1, 0.15) is 100 Å². The van der Waals surface area contributed by atoms with E-state index in [2.05, 4.69) is 24.2 Å². The zero-order valence-corrected chi connectivity index (χ0v) is 19.9. The first-order chi connectivity index (χ1) is 15.5. The molecule has 7 aliphatic carbocycles. The Labute approximate surface area is 193 Å². The Morgan fingerprint density at radius 3 is 2.38 bits per heavy atom. The van der Waals surface area contributed by atoms with E-state index in [4.69, 9.17) is 4.84 Å². The van der Waals surface area contributed by atoms with Crippen LogP contribution < -0.4 is 0 Å². The number of fused-ring (bicyclic) bond motifs is 5. The molecule has 0 heterocycles. The normalized spacial score (nSPS) is 47.2. The number of hydrogen-bond donors (Lipinski definition) is 1. The highest BCUT2D eigenvalue weighted by atomic mass is 16.6. The SMILES string of the molecule is CON=C1CC[C@H]2[C@@H]3CCc4cc(O)c(C56CC7CC(CC(C7)C5)C6)cc4[C@H]3CC[C@]12C. The van der Waals surface area contributed by atoms with Crippen molar-refractivity contribution in [3.63, 3.8) is 0 Å². The summed E-state index contributed by atoms with van der Waals surface area (Å²) in [5, 5.41) is 15.8. The van der Waals surface area contributed by atoms with Crippen molar-refractivity contribution >= 4 is 5.71 Å². The number of phenolic OH excluding ortho intramolecular Hbond substituents is 1. The number of aryl methyl sites for hydroxylation is 1. The van der Waals surface area contributed by atoms with Gasteiger partial charge in [0.15, 0.2) is 0 Å². The van der Waals surface area contributed by atoms with Gasteiger partial charge >= 0.3 is 0 Å². The molecule has 172 valence electrons. The predicted octanol–water partition coefficient (Wildman–Crippen LogP) is 6.72. The van der Waals surface area contributed by atoms with Crippen LogP contribution in [0, 0.1) is 35.0 Å². The van der Waals surface area contributed by atoms with E-state index < -0.39 is 0 Å². The molecule has 32 heavy (non-hydrogen) atoms. The predicted molar refractivity (Wildman–Crippen MR) is 127 cm³/mol. The molecule has 6 saturated carbocycles. The largest absolute Gasteiger partial charge is 0.508 e. The first-order valence-electron chi connectivity index (χ1n) is 13.5. The first kappa shape index (κ1) is 19.9. The molecule has 3 nitrogen and oxygen atoms in total. The maximum absolute atomic E-state index is 11.3. The first-order valence-corrected chi connectivity index (χ1v) is 13.5. The number of aromatic hydroxyl groups is 1. The average molecular weight is 434 g/mol. The monoisotopic (exact) mass is 433 g/mol. The van der Waals surface area contributed by atoms with Gasteiger partial charge in [0.25, 0.3) is 0 Å². The van der Waals surface area contributed by atoms with Gasteiger partial charge in [-0.1, -0.05) is 18.1 Å². The Morgan fingerprint density at radius 2 is 1.69 bits per heavy atom. The van der Waals surface area contributed by atoms with Crippen molar-refractivity contribution in [3.8, 4) is 5.75 Å². The number of oxime groups is 1. The lowest BCUT2D eigenvalue weighted by molar-refractivity contribution is -0.00628. The Kier molecular flexibility index (Phi) is 4.21. The van der Waals surface area contributed by atoms with Crippen molar-refractivity contribution in [2.45, 2.75) is 95.3 Å². The molecule has 3 heteroatoms. The third kappa shape index (κ3) is 2.63. The van der Waals surface area contributed by atoms with Crippen LogP contribution >= 0.6 is 0 Å². The molecule has 0 saturated heterocycles. The highest BCUT2D eigenvalue weighted by molar-refractivity contribution is 5.92. The fourth-order valence-corrected chi connectivity index (χ4v) is 10.5. The molecule has 6 fully saturated rings. The van der Waals surface area contributed by atoms with Gasteiger partial charge in [-0.05, 0) is 135 Å². The smallest absolute Gasteiger partial charge is 0.119 e. The fourth-order valence-electron chi connectivity index (χ4n) is 10.5. The molecule has 0 radical (unpaired) electrons. The third-order valence-electron chi connectivity index (χ3n) is 11.4. The van der Waals surface area contributed by atoms with Crippen LogP contribution in [0.25, 0.3) is 0 Å². The van der Waals surface area contributed by atoms with E-state index in [0.29, 0.717) is 11.7 Å². The second kappa shape index (κ2) is 6.76. The van der Waals surface area contributed by atoms with Crippen LogP contribution in [0.4, 0.5) is 0 Å². The van der Waals surface area contributed by atoms with Crippen molar-refractivity contribution in [1.29, 1.82) is 0 Å². The molecule has 0 amide bonds. The molecule has 4 bridgehead atoms. The highest BCUT2D eigenvalue weighted by Crippen LogP contribution is 2.64. The van der Waals surface area contributed by atoms with Crippen LogP contribution in [-0.2, 0) is 16.7 Å². The number of rotatable bonds is 2. The molecular formula is C29H39NO2. The lowest BCUT2D eigenvalue weighted by Crippen LogP contribution is -2.48. The molecule has 8 rings (SSSR count). The third-order valence-corrected chi connectivity index (χ3v) is 11.4. The lowest BCUT2D eigenvalue weighted by Gasteiger charge is -2.57. The van der Waals surface area contributed by atoms with Crippen molar-refractivity contribution in [2.75, 3.05) is 7.11 Å². The summed E-state index contributed by atoms with van der Waals surface area (Å²) in [6.45, 7) is 2.46. The van der Waals surface area contributed by atoms with E-state index in [0.717, 1.165) is 42.4 Å². The molecule has 1 N–H and O–H groups in total. The van der Waals surface area contributed by atoms with E-state index in [1.165, 1.54) is 81.0 Å². The minimum atomic E-state index is 0.231. The van der Waals surface area contributed by atoms with E-state index in [1.54, 1.807) is 12.7 Å². The summed E-state index contributed by atoms with van der Waals surface area (Å²) in [5.41, 5.74) is 6.23. The molecule has 0 unspecified atom stereocenters. The number of hydrogen-bond acceptors (Lipinski definition) is 3. The van der Waals surface area contributed by atoms with Gasteiger partial charge in [-0.15, -0.1) is 0 Å². The summed E-state index contributed by atoms with van der Waals surface area (Å²) in [6, 6.07) is 4.76. The van der Waals surface area contributed by atoms with Gasteiger partial charge in [-0.2, -0.15) is 0 Å². The molecule has 1 aromatic carbocycles. The van der Waals surface area contributed by atoms with Crippen molar-refractivity contribution in [2.24, 2.45) is 40.2 Å². The zero-order chi connectivity index (χ0) is 21.7. The highest BCUT2D eigenvalue weighted by Gasteiger charge is 2.55. The molecule has 1 aromatic rings. The topological polar surface area (TPSA) is 41.8 Å². The Hall–Kier alpha value is -1.51. The summed E-state index contributed by atoms with van der Waals surface area (Å²) in [7, 11) is 1.70. The standard InChI is InChI=1S/C29H39NO2/c1-28-8-7-21-22(24(28)5-6-27(28)30-32-2)4-3-20-12-26(31)25(13-23(20)21)29-14-17-9-18(15-29)11-19(10-17)16-29/h12-13,17-19,21-22,24,31H,3-11,14-16H2,1-2H3/t17?,18?,19?,21-,22+,24-,28-,29?/m0/s1. The second-order valence-electron chi connectivity index (χ2n) is 12.9. The summed E-state index contributed by atoms with van der Waals surface area (Å²) in [4.78, 5) is 5.24. The minimum Gasteiger partial charge on any atom is -0.508 e. The number of nitrogens with zero attached hydrogens (tertiary/aromatic N) is 1. The van der Waals surface area contributed by atoms with Crippen LogP contribution in [0.15, 0.2) is 17.3 Å². The molecule has 7 aliphatic rings. The van der Waals surface area contributed by atoms with Gasteiger partial charge in [0.05, 0.1) is 5.71 Å². The quantitative estimate of drug-likeness (QED) is 0.526. The molecular weight excluding hydrogens is 394 g/mol. The zero-order valence-electron chi connectivity index (χ0n) is 19.9. The van der Waals surface area contributed by atoms with Crippen LogP contribution in [0.2, 0.25) is 0 Å². The maximum Gasteiger partial charge on any atom is 0.119 e. The van der Waals surface area contributed by atoms with E-state index in [-0.39, 0.29) is 10.8 Å². The second-order valence-corrected chi connectivity index (χ2v) is 12.9. The van der Waals surface area contributed by atoms with E-state index >= 15 is 0 Å². The molecule has 4 atom stereocenters. The maximum atomic E-state index is 11.3. The molecule has 0 aromatic heterocycles. The summed E-state index contributed by atoms with van der Waals surface area (Å²) in [6.07, 6.45) is 15.7. The van der Waals surface area contributed by atoms with Gasteiger partial charge in [0.2, 0.25) is 0 Å². The summed E-state index contributed by atoms with van der Waals surface area (Å²) >= 11 is 0. The molecule has 0 aliphatic heterocycles. The fraction of sp³-hybridized carbons (Fsp3) is 0.759. The van der Waals surface area contributed by atoms with Gasteiger partial charge in [0, 0.05) is 11.0 Å². The molecule has 0 spiro atoms. The summed E-state index contributed by atoms with van der Waals surface area (Å²) in [5.74, 6) is 5.54. The van der Waals surface area contributed by atoms with Crippen molar-refractivity contribution < 1.29 is 9.94 Å². The Bertz CT molecular complexity index is 944. The summed E-state index contributed by atoms with van der Waals surface area (Å²) < 4.78 is 0. The van der Waals surface area contributed by atoms with Gasteiger partial charge < -0.3 is 9.94 Å². The van der Waals surface area contributed by atoms with Crippen LogP contribution in [-0.4, -0.2) is 17.9 Å². The van der Waals surface area contributed by atoms with Crippen LogP contribution in [0.3, 0.4) is 0 Å². The van der Waals surface area contributed by atoms with E-state index in [9.17, 15) is 5.11 Å². The Balaban J connectivity index is 1.26.